The minimum atomic E-state index is -4.91. The van der Waals surface area contributed by atoms with Gasteiger partial charge in [-0.15, -0.1) is 13.2 Å². The van der Waals surface area contributed by atoms with Crippen molar-refractivity contribution in [3.05, 3.63) is 95.1 Å². The number of alkyl halides is 3. The molecule has 2 amide bonds. The minimum Gasteiger partial charge on any atom is -0.404 e. The van der Waals surface area contributed by atoms with Gasteiger partial charge in [0.1, 0.15) is 5.70 Å². The molecule has 36 heavy (non-hydrogen) atoms. The molecule has 4 rings (SSSR count). The van der Waals surface area contributed by atoms with Gasteiger partial charge < -0.3 is 10.1 Å². The van der Waals surface area contributed by atoms with Crippen LogP contribution in [-0.4, -0.2) is 29.1 Å². The van der Waals surface area contributed by atoms with Crippen LogP contribution in [0.5, 0.6) is 5.75 Å². The van der Waals surface area contributed by atoms with Crippen LogP contribution in [0.25, 0.3) is 6.08 Å². The second-order valence-corrected chi connectivity index (χ2v) is 8.65. The van der Waals surface area contributed by atoms with Gasteiger partial charge in [-0.05, 0) is 42.0 Å². The van der Waals surface area contributed by atoms with E-state index in [2.05, 4.69) is 15.0 Å². The molecule has 0 fully saturated rings. The topological polar surface area (TPSA) is 71.0 Å². The molecule has 0 bridgehead atoms. The molecule has 3 aromatic carbocycles. The van der Waals surface area contributed by atoms with Crippen molar-refractivity contribution < 1.29 is 27.5 Å². The van der Waals surface area contributed by atoms with Gasteiger partial charge in [0.15, 0.2) is 10.9 Å². The number of amidine groups is 1. The maximum Gasteiger partial charge on any atom is 0.573 e. The van der Waals surface area contributed by atoms with E-state index in [-0.39, 0.29) is 22.3 Å². The molecular weight excluding hydrogens is 515 g/mol. The number of halogens is 4. The Morgan fingerprint density at radius 1 is 1.03 bits per heavy atom. The summed E-state index contributed by atoms with van der Waals surface area (Å²) < 4.78 is 42.0. The number of nitrogens with one attached hydrogen (secondary N) is 1. The normalized spacial score (nSPS) is 14.7. The third-order valence-electron chi connectivity index (χ3n) is 4.76. The van der Waals surface area contributed by atoms with Crippen LogP contribution < -0.4 is 15.0 Å². The van der Waals surface area contributed by atoms with Crippen molar-refractivity contribution in [3.8, 4) is 5.75 Å². The van der Waals surface area contributed by atoms with Crippen molar-refractivity contribution in [1.82, 2.24) is 0 Å². The van der Waals surface area contributed by atoms with Crippen molar-refractivity contribution in [1.29, 1.82) is 0 Å². The first-order valence-electron chi connectivity index (χ1n) is 10.4. The van der Waals surface area contributed by atoms with E-state index in [1.165, 1.54) is 23.1 Å². The predicted octanol–water partition coefficient (Wildman–Crippen LogP) is 6.35. The number of ether oxygens (including phenoxy) is 1. The maximum absolute atomic E-state index is 13.2. The summed E-state index contributed by atoms with van der Waals surface area (Å²) >= 11 is 7.18. The zero-order valence-electron chi connectivity index (χ0n) is 18.3. The lowest BCUT2D eigenvalue weighted by Crippen LogP contribution is -2.31. The fourth-order valence-electron chi connectivity index (χ4n) is 3.24. The number of rotatable bonds is 6. The number of para-hydroxylation sites is 3. The Balaban J connectivity index is 1.54. The minimum absolute atomic E-state index is 0.124. The number of carbonyl (C=O) groups excluding carboxylic acids is 2. The molecule has 3 aromatic rings. The Morgan fingerprint density at radius 3 is 2.42 bits per heavy atom. The van der Waals surface area contributed by atoms with Gasteiger partial charge >= 0.3 is 6.36 Å². The monoisotopic (exact) mass is 531 g/mol. The second kappa shape index (κ2) is 10.9. The average molecular weight is 532 g/mol. The number of hydrogen-bond donors (Lipinski definition) is 1. The van der Waals surface area contributed by atoms with Crippen LogP contribution >= 0.6 is 23.4 Å². The molecule has 0 aliphatic carbocycles. The third kappa shape index (κ3) is 6.27. The molecule has 0 radical (unpaired) electrons. The fraction of sp³-hybridized carbons (Fsp3) is 0.0800. The lowest BCUT2D eigenvalue weighted by atomic mass is 10.2. The lowest BCUT2D eigenvalue weighted by molar-refractivity contribution is -0.274. The van der Waals surface area contributed by atoms with Crippen molar-refractivity contribution in [2.75, 3.05) is 16.0 Å². The summed E-state index contributed by atoms with van der Waals surface area (Å²) in [6, 6.07) is 20.9. The van der Waals surface area contributed by atoms with Crippen molar-refractivity contribution in [3.63, 3.8) is 0 Å². The first-order valence-corrected chi connectivity index (χ1v) is 11.8. The SMILES string of the molecule is O=C(CSC1=NC(=Cc2ccccc2Cl)C(=O)N1c1ccccc1)Nc1ccccc1OC(F)(F)F. The highest BCUT2D eigenvalue weighted by molar-refractivity contribution is 8.14. The summed E-state index contributed by atoms with van der Waals surface area (Å²) in [5.74, 6) is -1.78. The summed E-state index contributed by atoms with van der Waals surface area (Å²) in [6.07, 6.45) is -3.35. The van der Waals surface area contributed by atoms with Crippen LogP contribution in [0, 0.1) is 0 Å². The molecular formula is C25H17ClF3N3O3S. The Morgan fingerprint density at radius 2 is 1.69 bits per heavy atom. The van der Waals surface area contributed by atoms with Crippen LogP contribution in [0.4, 0.5) is 24.5 Å². The number of aliphatic imine (C=N–C) groups is 1. The molecule has 0 unspecified atom stereocenters. The first kappa shape index (κ1) is 25.3. The van der Waals surface area contributed by atoms with Gasteiger partial charge in [0.2, 0.25) is 5.91 Å². The molecule has 6 nitrogen and oxygen atoms in total. The Hall–Kier alpha value is -3.76. The van der Waals surface area contributed by atoms with Crippen molar-refractivity contribution in [2.45, 2.75) is 6.36 Å². The van der Waals surface area contributed by atoms with Crippen LogP contribution in [0.1, 0.15) is 5.56 Å². The number of thioether (sulfide) groups is 1. The largest absolute Gasteiger partial charge is 0.573 e. The molecule has 1 heterocycles. The number of hydrogen-bond acceptors (Lipinski definition) is 5. The molecule has 0 saturated heterocycles. The Labute approximate surface area is 213 Å². The van der Waals surface area contributed by atoms with Crippen molar-refractivity contribution >= 4 is 57.8 Å². The summed E-state index contributed by atoms with van der Waals surface area (Å²) in [5.41, 5.74) is 1.13. The average Bonchev–Trinajstić information content (AvgIpc) is 3.15. The summed E-state index contributed by atoms with van der Waals surface area (Å²) in [7, 11) is 0. The highest BCUT2D eigenvalue weighted by atomic mass is 35.5. The van der Waals surface area contributed by atoms with Gasteiger partial charge in [0.25, 0.3) is 5.91 Å². The van der Waals surface area contributed by atoms with Crippen LogP contribution in [0.2, 0.25) is 5.02 Å². The highest BCUT2D eigenvalue weighted by Gasteiger charge is 2.33. The van der Waals surface area contributed by atoms with Gasteiger partial charge in [-0.3, -0.25) is 14.5 Å². The molecule has 1 aliphatic heterocycles. The molecule has 0 atom stereocenters. The molecule has 11 heteroatoms. The lowest BCUT2D eigenvalue weighted by Gasteiger charge is -2.18. The van der Waals surface area contributed by atoms with E-state index < -0.39 is 23.9 Å². The molecule has 1 N–H and O–H groups in total. The van der Waals surface area contributed by atoms with E-state index in [4.69, 9.17) is 11.6 Å². The van der Waals surface area contributed by atoms with E-state index in [0.717, 1.165) is 17.8 Å². The number of carbonyl (C=O) groups is 2. The van der Waals surface area contributed by atoms with E-state index in [0.29, 0.717) is 16.3 Å². The standard InChI is InChI=1S/C25H17ClF3N3O3S/c26-18-11-5-4-8-16(18)14-20-23(34)32(17-9-2-1-3-10-17)24(31-20)36-15-22(33)30-19-12-6-7-13-21(19)35-25(27,28)29/h1-14H,15H2,(H,30,33). The molecule has 0 aromatic heterocycles. The molecule has 0 spiro atoms. The number of anilines is 2. The van der Waals surface area contributed by atoms with Crippen LogP contribution in [0.15, 0.2) is 89.6 Å². The summed E-state index contributed by atoms with van der Waals surface area (Å²) in [4.78, 5) is 31.6. The summed E-state index contributed by atoms with van der Waals surface area (Å²) in [6.45, 7) is 0. The van der Waals surface area contributed by atoms with E-state index in [1.54, 1.807) is 60.7 Å². The number of amides is 2. The molecule has 0 saturated carbocycles. The Bertz CT molecular complexity index is 1350. The van der Waals surface area contributed by atoms with E-state index >= 15 is 0 Å². The fourth-order valence-corrected chi connectivity index (χ4v) is 4.24. The highest BCUT2D eigenvalue weighted by Crippen LogP contribution is 2.32. The smallest absolute Gasteiger partial charge is 0.404 e. The van der Waals surface area contributed by atoms with E-state index in [1.807, 2.05) is 0 Å². The van der Waals surface area contributed by atoms with Crippen LogP contribution in [0.3, 0.4) is 0 Å². The van der Waals surface area contributed by atoms with Crippen LogP contribution in [-0.2, 0) is 9.59 Å². The first-order chi connectivity index (χ1) is 17.2. The zero-order chi connectivity index (χ0) is 25.7. The third-order valence-corrected chi connectivity index (χ3v) is 6.04. The van der Waals surface area contributed by atoms with Gasteiger partial charge in [-0.2, -0.15) is 0 Å². The van der Waals surface area contributed by atoms with Gasteiger partial charge in [-0.1, -0.05) is 71.9 Å². The Kier molecular flexibility index (Phi) is 7.66. The molecule has 184 valence electrons. The quantitative estimate of drug-likeness (QED) is 0.376. The maximum atomic E-state index is 13.2. The number of benzene rings is 3. The second-order valence-electron chi connectivity index (χ2n) is 7.30. The van der Waals surface area contributed by atoms with Gasteiger partial charge in [0.05, 0.1) is 17.1 Å². The molecule has 1 aliphatic rings. The number of nitrogens with zero attached hydrogens (tertiary/aromatic N) is 2. The van der Waals surface area contributed by atoms with Crippen molar-refractivity contribution in [2.24, 2.45) is 4.99 Å². The zero-order valence-corrected chi connectivity index (χ0v) is 19.9. The van der Waals surface area contributed by atoms with Gasteiger partial charge in [0, 0.05) is 5.02 Å². The summed E-state index contributed by atoms with van der Waals surface area (Å²) in [5, 5.41) is 3.09. The predicted molar refractivity (Wildman–Crippen MR) is 135 cm³/mol. The van der Waals surface area contributed by atoms with E-state index in [9.17, 15) is 22.8 Å². The van der Waals surface area contributed by atoms with Gasteiger partial charge in [-0.25, -0.2) is 4.99 Å².